The molecule has 3 nitrogen and oxygen atoms in total. The zero-order chi connectivity index (χ0) is 13.2. The number of ether oxygens (including phenoxy) is 1. The van der Waals surface area contributed by atoms with Crippen LogP contribution in [0.15, 0.2) is 24.3 Å². The van der Waals surface area contributed by atoms with Crippen molar-refractivity contribution in [1.82, 2.24) is 0 Å². The summed E-state index contributed by atoms with van der Waals surface area (Å²) in [6, 6.07) is 9.33. The molecule has 1 heterocycles. The molecule has 1 aromatic rings. The molecule has 19 heavy (non-hydrogen) atoms. The zero-order valence-electron chi connectivity index (χ0n) is 11.7. The van der Waals surface area contributed by atoms with Gasteiger partial charge in [-0.25, -0.2) is 0 Å². The Bertz CT molecular complexity index is 435. The lowest BCUT2D eigenvalue weighted by molar-refractivity contribution is 0.0255. The average molecular weight is 260 g/mol. The average Bonchev–Trinajstić information content (AvgIpc) is 2.94. The first-order valence-electron chi connectivity index (χ1n) is 7.54. The molecule has 1 aliphatic heterocycles. The Hall–Kier alpha value is -1.06. The van der Waals surface area contributed by atoms with Crippen molar-refractivity contribution >= 4 is 5.69 Å². The number of morpholine rings is 1. The van der Waals surface area contributed by atoms with E-state index in [2.05, 4.69) is 36.1 Å². The van der Waals surface area contributed by atoms with Crippen molar-refractivity contribution in [1.29, 1.82) is 0 Å². The number of para-hydroxylation sites is 1. The van der Waals surface area contributed by atoms with Crippen LogP contribution < -0.4 is 10.6 Å². The van der Waals surface area contributed by atoms with E-state index in [4.69, 9.17) is 10.5 Å². The Balaban J connectivity index is 1.92. The van der Waals surface area contributed by atoms with E-state index in [-0.39, 0.29) is 6.04 Å². The van der Waals surface area contributed by atoms with Crippen molar-refractivity contribution < 1.29 is 4.74 Å². The van der Waals surface area contributed by atoms with E-state index in [1.54, 1.807) is 0 Å². The first-order chi connectivity index (χ1) is 9.31. The fourth-order valence-corrected chi connectivity index (χ4v) is 3.51. The highest BCUT2D eigenvalue weighted by Crippen LogP contribution is 2.36. The molecule has 1 aromatic carbocycles. The highest BCUT2D eigenvalue weighted by atomic mass is 16.5. The first kappa shape index (κ1) is 12.9. The number of hydrogen-bond donors (Lipinski definition) is 1. The summed E-state index contributed by atoms with van der Waals surface area (Å²) in [5.74, 6) is 0. The molecule has 0 amide bonds. The SMILES string of the molecule is CCC(N)c1ccccc1N1CCOC2CCCC21. The van der Waals surface area contributed by atoms with Crippen molar-refractivity contribution in [2.45, 2.75) is 50.8 Å². The molecule has 2 aliphatic rings. The highest BCUT2D eigenvalue weighted by Gasteiger charge is 2.36. The summed E-state index contributed by atoms with van der Waals surface area (Å²) in [4.78, 5) is 2.55. The number of fused-ring (bicyclic) bond motifs is 1. The predicted molar refractivity (Wildman–Crippen MR) is 78.4 cm³/mol. The minimum Gasteiger partial charge on any atom is -0.374 e. The Morgan fingerprint density at radius 1 is 1.37 bits per heavy atom. The van der Waals surface area contributed by atoms with Crippen LogP contribution >= 0.6 is 0 Å². The molecule has 1 aliphatic carbocycles. The Morgan fingerprint density at radius 2 is 2.21 bits per heavy atom. The number of nitrogens with zero attached hydrogens (tertiary/aromatic N) is 1. The van der Waals surface area contributed by atoms with E-state index in [1.807, 2.05) is 0 Å². The first-order valence-corrected chi connectivity index (χ1v) is 7.54. The van der Waals surface area contributed by atoms with Gasteiger partial charge in [-0.1, -0.05) is 25.1 Å². The molecule has 0 radical (unpaired) electrons. The largest absolute Gasteiger partial charge is 0.374 e. The lowest BCUT2D eigenvalue weighted by Gasteiger charge is -2.40. The van der Waals surface area contributed by atoms with Gasteiger partial charge >= 0.3 is 0 Å². The normalized spacial score (nSPS) is 28.2. The maximum Gasteiger partial charge on any atom is 0.0779 e. The number of nitrogens with two attached hydrogens (primary N) is 1. The quantitative estimate of drug-likeness (QED) is 0.908. The van der Waals surface area contributed by atoms with Gasteiger partial charge in [0.25, 0.3) is 0 Å². The van der Waals surface area contributed by atoms with E-state index < -0.39 is 0 Å². The molecule has 104 valence electrons. The van der Waals surface area contributed by atoms with Crippen LogP contribution in [0.3, 0.4) is 0 Å². The molecule has 2 N–H and O–H groups in total. The number of rotatable bonds is 3. The van der Waals surface area contributed by atoms with E-state index >= 15 is 0 Å². The Labute approximate surface area is 115 Å². The second kappa shape index (κ2) is 5.51. The molecule has 3 heteroatoms. The van der Waals surface area contributed by atoms with Crippen LogP contribution in [0.1, 0.15) is 44.2 Å². The molecule has 1 saturated carbocycles. The van der Waals surface area contributed by atoms with Crippen LogP contribution in [0.5, 0.6) is 0 Å². The van der Waals surface area contributed by atoms with Gasteiger partial charge in [0.1, 0.15) is 0 Å². The lowest BCUT2D eigenvalue weighted by atomic mass is 10.00. The number of anilines is 1. The van der Waals surface area contributed by atoms with Crippen LogP contribution in [-0.2, 0) is 4.74 Å². The zero-order valence-corrected chi connectivity index (χ0v) is 11.7. The van der Waals surface area contributed by atoms with Gasteiger partial charge in [0, 0.05) is 18.3 Å². The third-order valence-corrected chi connectivity index (χ3v) is 4.57. The summed E-state index contributed by atoms with van der Waals surface area (Å²) in [7, 11) is 0. The summed E-state index contributed by atoms with van der Waals surface area (Å²) >= 11 is 0. The third kappa shape index (κ3) is 2.37. The molecule has 0 spiro atoms. The molecular formula is C16H24N2O. The fourth-order valence-electron chi connectivity index (χ4n) is 3.51. The topological polar surface area (TPSA) is 38.5 Å². The molecule has 1 saturated heterocycles. The summed E-state index contributed by atoms with van der Waals surface area (Å²) in [5.41, 5.74) is 8.90. The minimum absolute atomic E-state index is 0.138. The van der Waals surface area contributed by atoms with Gasteiger partial charge in [-0.15, -0.1) is 0 Å². The van der Waals surface area contributed by atoms with E-state index in [9.17, 15) is 0 Å². The fraction of sp³-hybridized carbons (Fsp3) is 0.625. The van der Waals surface area contributed by atoms with E-state index in [0.717, 1.165) is 19.6 Å². The molecule has 0 aromatic heterocycles. The van der Waals surface area contributed by atoms with Crippen molar-refractivity contribution in [3.63, 3.8) is 0 Å². The molecular weight excluding hydrogens is 236 g/mol. The summed E-state index contributed by atoms with van der Waals surface area (Å²) in [6.45, 7) is 3.99. The van der Waals surface area contributed by atoms with Crippen molar-refractivity contribution in [2.24, 2.45) is 5.73 Å². The van der Waals surface area contributed by atoms with Crippen LogP contribution in [-0.4, -0.2) is 25.3 Å². The third-order valence-electron chi connectivity index (χ3n) is 4.57. The minimum atomic E-state index is 0.138. The van der Waals surface area contributed by atoms with Crippen molar-refractivity contribution in [2.75, 3.05) is 18.1 Å². The maximum atomic E-state index is 6.28. The van der Waals surface area contributed by atoms with Gasteiger partial charge in [0.05, 0.1) is 18.8 Å². The summed E-state index contributed by atoms with van der Waals surface area (Å²) in [5, 5.41) is 0. The van der Waals surface area contributed by atoms with Gasteiger partial charge in [0.2, 0.25) is 0 Å². The highest BCUT2D eigenvalue weighted by molar-refractivity contribution is 5.56. The molecule has 3 unspecified atom stereocenters. The maximum absolute atomic E-state index is 6.28. The van der Waals surface area contributed by atoms with E-state index in [1.165, 1.54) is 30.5 Å². The number of benzene rings is 1. The molecule has 3 rings (SSSR count). The van der Waals surface area contributed by atoms with Crippen LogP contribution in [0.4, 0.5) is 5.69 Å². The Morgan fingerprint density at radius 3 is 3.05 bits per heavy atom. The monoisotopic (exact) mass is 260 g/mol. The van der Waals surface area contributed by atoms with Gasteiger partial charge in [0.15, 0.2) is 0 Å². The summed E-state index contributed by atoms with van der Waals surface area (Å²) < 4.78 is 5.91. The second-order valence-corrected chi connectivity index (χ2v) is 5.67. The van der Waals surface area contributed by atoms with Crippen LogP contribution in [0, 0.1) is 0 Å². The van der Waals surface area contributed by atoms with Crippen LogP contribution in [0.2, 0.25) is 0 Å². The van der Waals surface area contributed by atoms with Crippen molar-refractivity contribution in [3.8, 4) is 0 Å². The van der Waals surface area contributed by atoms with Gasteiger partial charge in [-0.2, -0.15) is 0 Å². The molecule has 0 bridgehead atoms. The van der Waals surface area contributed by atoms with Crippen molar-refractivity contribution in [3.05, 3.63) is 29.8 Å². The molecule has 3 atom stereocenters. The summed E-state index contributed by atoms with van der Waals surface area (Å²) in [6.07, 6.45) is 5.16. The van der Waals surface area contributed by atoms with Crippen LogP contribution in [0.25, 0.3) is 0 Å². The smallest absolute Gasteiger partial charge is 0.0779 e. The van der Waals surface area contributed by atoms with Gasteiger partial charge in [-0.05, 0) is 37.3 Å². The van der Waals surface area contributed by atoms with Gasteiger partial charge in [-0.3, -0.25) is 0 Å². The predicted octanol–water partition coefficient (Wildman–Crippen LogP) is 2.85. The van der Waals surface area contributed by atoms with Gasteiger partial charge < -0.3 is 15.4 Å². The van der Waals surface area contributed by atoms with E-state index in [0.29, 0.717) is 12.1 Å². The standard InChI is InChI=1S/C16H24N2O/c1-2-13(17)12-6-3-4-7-14(12)18-10-11-19-16-9-5-8-15(16)18/h3-4,6-7,13,15-16H,2,5,8-11,17H2,1H3. The Kier molecular flexibility index (Phi) is 3.76. The lowest BCUT2D eigenvalue weighted by Crippen LogP contribution is -2.49. The number of hydrogen-bond acceptors (Lipinski definition) is 3. The second-order valence-electron chi connectivity index (χ2n) is 5.67. The molecule has 2 fully saturated rings.